The summed E-state index contributed by atoms with van der Waals surface area (Å²) in [5.41, 5.74) is 1.02. The monoisotopic (exact) mass is 366 g/mol. The summed E-state index contributed by atoms with van der Waals surface area (Å²) < 4.78 is 7.63. The SMILES string of the molecule is Cc1ccsc1C(=O)NCCc1nnc(SCC2CCCO2)n1C. The number of hydrogen-bond acceptors (Lipinski definition) is 6. The van der Waals surface area contributed by atoms with Gasteiger partial charge in [0.25, 0.3) is 5.91 Å². The minimum atomic E-state index is -0.0161. The lowest BCUT2D eigenvalue weighted by Gasteiger charge is -2.08. The van der Waals surface area contributed by atoms with Crippen LogP contribution in [0.15, 0.2) is 16.6 Å². The van der Waals surface area contributed by atoms with Crippen molar-refractivity contribution in [1.29, 1.82) is 0 Å². The average molecular weight is 367 g/mol. The molecule has 0 saturated carbocycles. The smallest absolute Gasteiger partial charge is 0.261 e. The lowest BCUT2D eigenvalue weighted by atomic mass is 10.3. The van der Waals surface area contributed by atoms with E-state index >= 15 is 0 Å². The third kappa shape index (κ3) is 4.17. The number of aromatic nitrogens is 3. The molecular formula is C16H22N4O2S2. The highest BCUT2D eigenvalue weighted by molar-refractivity contribution is 7.99. The molecule has 1 amide bonds. The fraction of sp³-hybridized carbons (Fsp3) is 0.562. The van der Waals surface area contributed by atoms with Gasteiger partial charge in [-0.15, -0.1) is 21.5 Å². The Morgan fingerprint density at radius 3 is 3.12 bits per heavy atom. The quantitative estimate of drug-likeness (QED) is 0.762. The first-order valence-electron chi connectivity index (χ1n) is 8.10. The Hall–Kier alpha value is -1.38. The van der Waals surface area contributed by atoms with Gasteiger partial charge in [0, 0.05) is 32.4 Å². The molecule has 0 bridgehead atoms. The van der Waals surface area contributed by atoms with Crippen LogP contribution in [-0.4, -0.2) is 45.7 Å². The molecule has 1 fully saturated rings. The Morgan fingerprint density at radius 2 is 2.42 bits per heavy atom. The molecule has 130 valence electrons. The molecule has 1 unspecified atom stereocenters. The van der Waals surface area contributed by atoms with E-state index in [4.69, 9.17) is 4.74 Å². The van der Waals surface area contributed by atoms with Gasteiger partial charge in [0.2, 0.25) is 0 Å². The summed E-state index contributed by atoms with van der Waals surface area (Å²) in [6.07, 6.45) is 3.29. The third-order valence-electron chi connectivity index (χ3n) is 4.05. The van der Waals surface area contributed by atoms with Crippen LogP contribution < -0.4 is 5.32 Å². The number of ether oxygens (including phenoxy) is 1. The molecule has 2 aromatic heterocycles. The van der Waals surface area contributed by atoms with E-state index in [0.717, 1.165) is 46.6 Å². The molecule has 0 aromatic carbocycles. The molecule has 1 atom stereocenters. The maximum Gasteiger partial charge on any atom is 0.261 e. The zero-order chi connectivity index (χ0) is 16.9. The standard InChI is InChI=1S/C16H22N4O2S2/c1-11-6-9-23-14(11)15(21)17-7-5-13-18-19-16(20(13)2)24-10-12-4-3-8-22-12/h6,9,12H,3-5,7-8,10H2,1-2H3,(H,17,21). The van der Waals surface area contributed by atoms with Gasteiger partial charge in [-0.3, -0.25) is 4.79 Å². The molecule has 1 saturated heterocycles. The van der Waals surface area contributed by atoms with Gasteiger partial charge < -0.3 is 14.6 Å². The summed E-state index contributed by atoms with van der Waals surface area (Å²) in [5, 5.41) is 14.3. The Balaban J connectivity index is 1.47. The summed E-state index contributed by atoms with van der Waals surface area (Å²) in [6.45, 7) is 3.38. The van der Waals surface area contributed by atoms with Crippen molar-refractivity contribution in [2.45, 2.75) is 37.4 Å². The molecule has 1 N–H and O–H groups in total. The van der Waals surface area contributed by atoms with Crippen molar-refractivity contribution in [1.82, 2.24) is 20.1 Å². The topological polar surface area (TPSA) is 69.0 Å². The summed E-state index contributed by atoms with van der Waals surface area (Å²) in [6, 6.07) is 1.96. The second kappa shape index (κ2) is 8.13. The Labute approximate surface area is 150 Å². The van der Waals surface area contributed by atoms with Crippen molar-refractivity contribution in [2.75, 3.05) is 18.9 Å². The number of rotatable bonds is 7. The van der Waals surface area contributed by atoms with Crippen LogP contribution in [0.2, 0.25) is 0 Å². The van der Waals surface area contributed by atoms with E-state index in [9.17, 15) is 4.79 Å². The number of nitrogens with zero attached hydrogens (tertiary/aromatic N) is 3. The van der Waals surface area contributed by atoms with Crippen molar-refractivity contribution in [3.8, 4) is 0 Å². The molecule has 6 nitrogen and oxygen atoms in total. The highest BCUT2D eigenvalue weighted by Crippen LogP contribution is 2.22. The molecular weight excluding hydrogens is 344 g/mol. The summed E-state index contributed by atoms with van der Waals surface area (Å²) in [5.74, 6) is 1.78. The van der Waals surface area contributed by atoms with Gasteiger partial charge >= 0.3 is 0 Å². The molecule has 1 aliphatic heterocycles. The number of carbonyl (C=O) groups excluding carboxylic acids is 1. The lowest BCUT2D eigenvalue weighted by molar-refractivity contribution is 0.0957. The maximum atomic E-state index is 12.1. The van der Waals surface area contributed by atoms with Crippen molar-refractivity contribution < 1.29 is 9.53 Å². The Kier molecular flexibility index (Phi) is 5.91. The van der Waals surface area contributed by atoms with Crippen LogP contribution in [0.25, 0.3) is 0 Å². The van der Waals surface area contributed by atoms with Gasteiger partial charge in [0.05, 0.1) is 11.0 Å². The van der Waals surface area contributed by atoms with Crippen molar-refractivity contribution in [3.05, 3.63) is 27.7 Å². The fourth-order valence-corrected chi connectivity index (χ4v) is 4.44. The fourth-order valence-electron chi connectivity index (χ4n) is 2.61. The van der Waals surface area contributed by atoms with Gasteiger partial charge in [-0.2, -0.15) is 0 Å². The van der Waals surface area contributed by atoms with Crippen molar-refractivity contribution >= 4 is 29.0 Å². The first kappa shape index (κ1) is 17.4. The van der Waals surface area contributed by atoms with Crippen molar-refractivity contribution in [2.24, 2.45) is 7.05 Å². The van der Waals surface area contributed by atoms with E-state index in [0.29, 0.717) is 19.1 Å². The predicted molar refractivity (Wildman–Crippen MR) is 95.8 cm³/mol. The zero-order valence-electron chi connectivity index (χ0n) is 13.9. The number of thioether (sulfide) groups is 1. The van der Waals surface area contributed by atoms with E-state index in [-0.39, 0.29) is 5.91 Å². The van der Waals surface area contributed by atoms with E-state index in [1.807, 2.05) is 30.0 Å². The van der Waals surface area contributed by atoms with Gasteiger partial charge in [0.15, 0.2) is 5.16 Å². The first-order chi connectivity index (χ1) is 11.6. The molecule has 24 heavy (non-hydrogen) atoms. The molecule has 1 aliphatic rings. The van der Waals surface area contributed by atoms with Crippen LogP contribution in [0.1, 0.15) is 33.9 Å². The molecule has 0 radical (unpaired) electrons. The lowest BCUT2D eigenvalue weighted by Crippen LogP contribution is -2.26. The number of aryl methyl sites for hydroxylation is 1. The molecule has 2 aromatic rings. The number of amides is 1. The molecule has 3 heterocycles. The second-order valence-corrected chi connectivity index (χ2v) is 7.75. The number of nitrogens with one attached hydrogen (secondary N) is 1. The predicted octanol–water partition coefficient (Wildman–Crippen LogP) is 2.43. The van der Waals surface area contributed by atoms with Gasteiger partial charge in [0.1, 0.15) is 5.82 Å². The van der Waals surface area contributed by atoms with Crippen LogP contribution in [0.5, 0.6) is 0 Å². The normalized spacial score (nSPS) is 17.3. The van der Waals surface area contributed by atoms with E-state index in [1.165, 1.54) is 11.3 Å². The summed E-state index contributed by atoms with van der Waals surface area (Å²) in [4.78, 5) is 12.9. The molecule has 0 spiro atoms. The average Bonchev–Trinajstić information content (AvgIpc) is 3.29. The third-order valence-corrected chi connectivity index (χ3v) is 6.22. The second-order valence-electron chi connectivity index (χ2n) is 5.84. The highest BCUT2D eigenvalue weighted by atomic mass is 32.2. The number of carbonyl (C=O) groups is 1. The van der Waals surface area contributed by atoms with Crippen LogP contribution in [0, 0.1) is 6.92 Å². The van der Waals surface area contributed by atoms with Gasteiger partial charge in [-0.05, 0) is 36.8 Å². The van der Waals surface area contributed by atoms with Crippen LogP contribution in [-0.2, 0) is 18.2 Å². The summed E-state index contributed by atoms with van der Waals surface area (Å²) >= 11 is 3.15. The largest absolute Gasteiger partial charge is 0.377 e. The van der Waals surface area contributed by atoms with Gasteiger partial charge in [-0.25, -0.2) is 0 Å². The maximum absolute atomic E-state index is 12.1. The van der Waals surface area contributed by atoms with E-state index in [1.54, 1.807) is 11.8 Å². The molecule has 0 aliphatic carbocycles. The first-order valence-corrected chi connectivity index (χ1v) is 9.96. The van der Waals surface area contributed by atoms with Crippen LogP contribution in [0.4, 0.5) is 0 Å². The minimum absolute atomic E-state index is 0.0161. The number of thiophene rings is 1. The Bertz CT molecular complexity index is 692. The summed E-state index contributed by atoms with van der Waals surface area (Å²) in [7, 11) is 1.97. The Morgan fingerprint density at radius 1 is 1.54 bits per heavy atom. The highest BCUT2D eigenvalue weighted by Gasteiger charge is 2.18. The molecule has 8 heteroatoms. The molecule has 3 rings (SSSR count). The zero-order valence-corrected chi connectivity index (χ0v) is 15.6. The van der Waals surface area contributed by atoms with E-state index < -0.39 is 0 Å². The number of hydrogen-bond donors (Lipinski definition) is 1. The van der Waals surface area contributed by atoms with Crippen LogP contribution in [0.3, 0.4) is 0 Å². The van der Waals surface area contributed by atoms with E-state index in [2.05, 4.69) is 15.5 Å². The van der Waals surface area contributed by atoms with Crippen LogP contribution >= 0.6 is 23.1 Å². The van der Waals surface area contributed by atoms with Crippen molar-refractivity contribution in [3.63, 3.8) is 0 Å². The minimum Gasteiger partial charge on any atom is -0.377 e. The van der Waals surface area contributed by atoms with Gasteiger partial charge in [-0.1, -0.05) is 11.8 Å².